The van der Waals surface area contributed by atoms with Gasteiger partial charge < -0.3 is 17.4 Å². The van der Waals surface area contributed by atoms with Crippen molar-refractivity contribution < 1.29 is 9.90 Å². The Bertz CT molecular complexity index is 328. The van der Waals surface area contributed by atoms with E-state index in [0.717, 1.165) is 36.2 Å². The van der Waals surface area contributed by atoms with E-state index in [4.69, 9.17) is 5.11 Å². The second-order valence-electron chi connectivity index (χ2n) is 7.69. The lowest BCUT2D eigenvalue weighted by Crippen LogP contribution is -2.00. The molecule has 0 aliphatic heterocycles. The molecular weight excluding hydrogens is 300 g/mol. The van der Waals surface area contributed by atoms with Crippen molar-refractivity contribution >= 4 is 5.97 Å². The van der Waals surface area contributed by atoms with E-state index in [-0.39, 0.29) is 12.3 Å². The molecule has 7 N–H and O–H groups in total. The lowest BCUT2D eigenvalue weighted by molar-refractivity contribution is -0.131. The van der Waals surface area contributed by atoms with Crippen molar-refractivity contribution in [1.82, 2.24) is 12.3 Å². The van der Waals surface area contributed by atoms with E-state index in [9.17, 15) is 4.79 Å². The van der Waals surface area contributed by atoms with Crippen molar-refractivity contribution in [2.75, 3.05) is 0 Å². The van der Waals surface area contributed by atoms with E-state index >= 15 is 0 Å². The third-order valence-corrected chi connectivity index (χ3v) is 4.51. The van der Waals surface area contributed by atoms with Crippen molar-refractivity contribution in [3.8, 4) is 0 Å². The van der Waals surface area contributed by atoms with Crippen LogP contribution in [0, 0.1) is 17.8 Å². The van der Waals surface area contributed by atoms with Crippen LogP contribution in [0.15, 0.2) is 11.6 Å². The Labute approximate surface area is 150 Å². The highest BCUT2D eigenvalue weighted by Gasteiger charge is 2.06. The van der Waals surface area contributed by atoms with Gasteiger partial charge in [0.1, 0.15) is 0 Å². The molecule has 0 amide bonds. The van der Waals surface area contributed by atoms with Crippen LogP contribution in [0.3, 0.4) is 0 Å². The van der Waals surface area contributed by atoms with Crippen molar-refractivity contribution in [1.29, 1.82) is 0 Å². The fraction of sp³-hybridized carbons (Fsp3) is 0.850. The first-order valence-electron chi connectivity index (χ1n) is 9.21. The quantitative estimate of drug-likeness (QED) is 0.320. The summed E-state index contributed by atoms with van der Waals surface area (Å²) in [6, 6.07) is 0. The van der Waals surface area contributed by atoms with Crippen LogP contribution in [0.25, 0.3) is 0 Å². The Morgan fingerprint density at radius 2 is 1.25 bits per heavy atom. The molecular formula is C20H44N2O2. The average molecular weight is 345 g/mol. The highest BCUT2D eigenvalue weighted by Crippen LogP contribution is 2.21. The summed E-state index contributed by atoms with van der Waals surface area (Å²) >= 11 is 0. The highest BCUT2D eigenvalue weighted by atomic mass is 16.4. The number of carboxylic acids is 1. The predicted molar refractivity (Wildman–Crippen MR) is 106 cm³/mol. The Kier molecular flexibility index (Phi) is 19.8. The van der Waals surface area contributed by atoms with Gasteiger partial charge in [0.25, 0.3) is 0 Å². The third-order valence-electron chi connectivity index (χ3n) is 4.51. The molecule has 0 bridgehead atoms. The van der Waals surface area contributed by atoms with Crippen molar-refractivity contribution in [3.63, 3.8) is 0 Å². The average Bonchev–Trinajstić information content (AvgIpc) is 2.37. The first-order chi connectivity index (χ1) is 10.3. The zero-order valence-electron chi connectivity index (χ0n) is 16.9. The van der Waals surface area contributed by atoms with E-state index in [2.05, 4.69) is 27.7 Å². The number of carboxylic acid groups (broad SMARTS) is 1. The fourth-order valence-corrected chi connectivity index (χ4v) is 2.99. The Hall–Kier alpha value is -0.870. The summed E-state index contributed by atoms with van der Waals surface area (Å²) in [5, 5.41) is 8.68. The second kappa shape index (κ2) is 17.0. The first kappa shape index (κ1) is 28.0. The van der Waals surface area contributed by atoms with Gasteiger partial charge in [-0.3, -0.25) is 0 Å². The van der Waals surface area contributed by atoms with Crippen molar-refractivity contribution in [3.05, 3.63) is 11.6 Å². The minimum Gasteiger partial charge on any atom is -0.478 e. The standard InChI is InChI=1S/C20H38O2.2H3N/c1-16(2)9-6-10-17(3)11-7-12-18(4)13-8-14-19(5)15-20(21)22;;/h15-18H,6-14H2,1-5H3,(H,21,22);2*1H3/b19-15+;;/t17-,18-;;/m1../s1. The van der Waals surface area contributed by atoms with Gasteiger partial charge in [-0.05, 0) is 37.5 Å². The molecule has 0 radical (unpaired) electrons. The molecule has 4 nitrogen and oxygen atoms in total. The number of allylic oxidation sites excluding steroid dienone is 1. The van der Waals surface area contributed by atoms with E-state index in [1.807, 2.05) is 6.92 Å². The van der Waals surface area contributed by atoms with E-state index < -0.39 is 5.97 Å². The zero-order valence-corrected chi connectivity index (χ0v) is 16.9. The van der Waals surface area contributed by atoms with Crippen LogP contribution in [0.2, 0.25) is 0 Å². The molecule has 0 spiro atoms. The van der Waals surface area contributed by atoms with Gasteiger partial charge in [-0.2, -0.15) is 0 Å². The maximum Gasteiger partial charge on any atom is 0.328 e. The molecule has 146 valence electrons. The Balaban J connectivity index is -0.00000220. The van der Waals surface area contributed by atoms with Crippen LogP contribution >= 0.6 is 0 Å². The summed E-state index contributed by atoms with van der Waals surface area (Å²) < 4.78 is 0. The van der Waals surface area contributed by atoms with Crippen LogP contribution < -0.4 is 12.3 Å². The first-order valence-corrected chi connectivity index (χ1v) is 9.21. The largest absolute Gasteiger partial charge is 0.478 e. The fourth-order valence-electron chi connectivity index (χ4n) is 2.99. The van der Waals surface area contributed by atoms with Gasteiger partial charge in [-0.15, -0.1) is 0 Å². The van der Waals surface area contributed by atoms with Crippen LogP contribution in [0.5, 0.6) is 0 Å². The summed E-state index contributed by atoms with van der Waals surface area (Å²) in [6.07, 6.45) is 12.7. The lowest BCUT2D eigenvalue weighted by Gasteiger charge is -2.15. The monoisotopic (exact) mass is 344 g/mol. The smallest absolute Gasteiger partial charge is 0.328 e. The summed E-state index contributed by atoms with van der Waals surface area (Å²) in [6.45, 7) is 11.3. The third kappa shape index (κ3) is 19.2. The SMILES string of the molecule is C/C(=C\C(=O)O)CCC[C@H](C)CCC[C@H](C)CCCC(C)C.N.N. The topological polar surface area (TPSA) is 107 Å². The van der Waals surface area contributed by atoms with E-state index in [1.54, 1.807) is 0 Å². The van der Waals surface area contributed by atoms with Crippen molar-refractivity contribution in [2.24, 2.45) is 17.8 Å². The minimum atomic E-state index is -0.822. The van der Waals surface area contributed by atoms with E-state index in [1.165, 1.54) is 51.0 Å². The van der Waals surface area contributed by atoms with Gasteiger partial charge in [-0.25, -0.2) is 4.79 Å². The van der Waals surface area contributed by atoms with Gasteiger partial charge in [-0.1, -0.05) is 78.2 Å². The molecule has 0 aromatic heterocycles. The number of hydrogen-bond acceptors (Lipinski definition) is 3. The lowest BCUT2D eigenvalue weighted by atomic mass is 9.91. The van der Waals surface area contributed by atoms with Gasteiger partial charge in [0.15, 0.2) is 0 Å². The summed E-state index contributed by atoms with van der Waals surface area (Å²) in [5.41, 5.74) is 0.985. The molecule has 4 heteroatoms. The highest BCUT2D eigenvalue weighted by molar-refractivity contribution is 5.80. The predicted octanol–water partition coefficient (Wildman–Crippen LogP) is 6.78. The zero-order chi connectivity index (χ0) is 17.0. The summed E-state index contributed by atoms with van der Waals surface area (Å²) in [5.74, 6) is 1.65. The molecule has 0 saturated heterocycles. The molecule has 0 saturated carbocycles. The van der Waals surface area contributed by atoms with Crippen LogP contribution in [-0.4, -0.2) is 11.1 Å². The summed E-state index contributed by atoms with van der Waals surface area (Å²) in [7, 11) is 0. The molecule has 0 aliphatic rings. The minimum absolute atomic E-state index is 0. The molecule has 0 fully saturated rings. The second-order valence-corrected chi connectivity index (χ2v) is 7.69. The van der Waals surface area contributed by atoms with Gasteiger partial charge in [0, 0.05) is 6.08 Å². The van der Waals surface area contributed by atoms with Gasteiger partial charge >= 0.3 is 5.97 Å². The molecule has 0 heterocycles. The number of hydrogen-bond donors (Lipinski definition) is 3. The molecule has 24 heavy (non-hydrogen) atoms. The Morgan fingerprint density at radius 1 is 0.833 bits per heavy atom. The molecule has 0 unspecified atom stereocenters. The number of carbonyl (C=O) groups is 1. The van der Waals surface area contributed by atoms with Crippen molar-refractivity contribution in [2.45, 2.75) is 92.4 Å². The van der Waals surface area contributed by atoms with Gasteiger partial charge in [0.2, 0.25) is 0 Å². The number of aliphatic carboxylic acids is 1. The summed E-state index contributed by atoms with van der Waals surface area (Å²) in [4.78, 5) is 10.5. The van der Waals surface area contributed by atoms with Crippen LogP contribution in [0.1, 0.15) is 92.4 Å². The molecule has 0 aliphatic carbocycles. The van der Waals surface area contributed by atoms with Crippen LogP contribution in [-0.2, 0) is 4.79 Å². The van der Waals surface area contributed by atoms with E-state index in [0.29, 0.717) is 0 Å². The molecule has 2 atom stereocenters. The van der Waals surface area contributed by atoms with Crippen LogP contribution in [0.4, 0.5) is 0 Å². The maximum absolute atomic E-state index is 10.5. The Morgan fingerprint density at radius 3 is 1.67 bits per heavy atom. The normalized spacial score (nSPS) is 13.8. The maximum atomic E-state index is 10.5. The molecule has 0 rings (SSSR count). The molecule has 0 aromatic rings. The number of rotatable bonds is 13. The molecule has 0 aromatic carbocycles. The van der Waals surface area contributed by atoms with Gasteiger partial charge in [0.05, 0.1) is 0 Å².